The largest absolute Gasteiger partial charge is 0.486 e. The minimum atomic E-state index is -0.293. The molecule has 3 aromatic carbocycles. The molecule has 0 spiro atoms. The van der Waals surface area contributed by atoms with Gasteiger partial charge >= 0.3 is 0 Å². The van der Waals surface area contributed by atoms with Gasteiger partial charge in [0.25, 0.3) is 5.91 Å². The molecule has 0 saturated heterocycles. The molecule has 0 N–H and O–H groups in total. The van der Waals surface area contributed by atoms with Gasteiger partial charge in [-0.3, -0.25) is 4.79 Å². The molecule has 1 aromatic heterocycles. The van der Waals surface area contributed by atoms with Gasteiger partial charge in [0.1, 0.15) is 13.2 Å². The van der Waals surface area contributed by atoms with Gasteiger partial charge in [-0.15, -0.1) is 0 Å². The SMILES string of the molecule is Cn1c(=NC(=O)c2ccc3c(c2)OCCO3)sc2c3ccccc3ccc21. The number of fused-ring (bicyclic) bond motifs is 4. The molecular formula is C21H16N2O3S. The number of rotatable bonds is 1. The van der Waals surface area contributed by atoms with Crippen molar-refractivity contribution in [3.63, 3.8) is 0 Å². The molecule has 2 heterocycles. The number of benzene rings is 3. The average Bonchev–Trinajstić information content (AvgIpc) is 3.03. The van der Waals surface area contributed by atoms with Crippen LogP contribution in [-0.2, 0) is 7.05 Å². The van der Waals surface area contributed by atoms with Gasteiger partial charge in [0, 0.05) is 18.0 Å². The van der Waals surface area contributed by atoms with Crippen molar-refractivity contribution in [3.05, 3.63) is 65.0 Å². The molecule has 0 aliphatic carbocycles. The first-order valence-corrected chi connectivity index (χ1v) is 9.48. The molecule has 5 rings (SSSR count). The topological polar surface area (TPSA) is 52.8 Å². The lowest BCUT2D eigenvalue weighted by Gasteiger charge is -2.18. The number of hydrogen-bond donors (Lipinski definition) is 0. The molecule has 1 amide bonds. The molecule has 0 fully saturated rings. The van der Waals surface area contributed by atoms with Gasteiger partial charge in [0.2, 0.25) is 0 Å². The number of carbonyl (C=O) groups excluding carboxylic acids is 1. The Kier molecular flexibility index (Phi) is 3.72. The summed E-state index contributed by atoms with van der Waals surface area (Å²) in [7, 11) is 1.93. The fraction of sp³-hybridized carbons (Fsp3) is 0.143. The highest BCUT2D eigenvalue weighted by molar-refractivity contribution is 7.17. The lowest BCUT2D eigenvalue weighted by Crippen LogP contribution is -2.16. The molecule has 0 unspecified atom stereocenters. The number of amides is 1. The van der Waals surface area contributed by atoms with Gasteiger partial charge in [0.15, 0.2) is 16.3 Å². The summed E-state index contributed by atoms with van der Waals surface area (Å²) < 4.78 is 14.2. The Morgan fingerprint density at radius 3 is 2.74 bits per heavy atom. The van der Waals surface area contributed by atoms with E-state index in [2.05, 4.69) is 29.3 Å². The first kappa shape index (κ1) is 16.1. The fourth-order valence-corrected chi connectivity index (χ4v) is 4.44. The van der Waals surface area contributed by atoms with Gasteiger partial charge in [-0.25, -0.2) is 0 Å². The van der Waals surface area contributed by atoms with E-state index in [1.54, 1.807) is 18.2 Å². The van der Waals surface area contributed by atoms with Gasteiger partial charge in [-0.2, -0.15) is 4.99 Å². The minimum absolute atomic E-state index is 0.293. The maximum Gasteiger partial charge on any atom is 0.279 e. The third kappa shape index (κ3) is 2.69. The van der Waals surface area contributed by atoms with Gasteiger partial charge in [-0.05, 0) is 29.7 Å². The predicted molar refractivity (Wildman–Crippen MR) is 106 cm³/mol. The van der Waals surface area contributed by atoms with E-state index < -0.39 is 0 Å². The van der Waals surface area contributed by atoms with E-state index in [4.69, 9.17) is 9.47 Å². The molecule has 4 aromatic rings. The number of aromatic nitrogens is 1. The zero-order valence-corrected chi connectivity index (χ0v) is 15.5. The van der Waals surface area contributed by atoms with Crippen LogP contribution >= 0.6 is 11.3 Å². The van der Waals surface area contributed by atoms with Crippen molar-refractivity contribution in [2.75, 3.05) is 13.2 Å². The van der Waals surface area contributed by atoms with Crippen LogP contribution in [0.2, 0.25) is 0 Å². The van der Waals surface area contributed by atoms with Crippen molar-refractivity contribution < 1.29 is 14.3 Å². The molecular weight excluding hydrogens is 360 g/mol. The summed E-state index contributed by atoms with van der Waals surface area (Å²) in [6.07, 6.45) is 0. The lowest BCUT2D eigenvalue weighted by atomic mass is 10.1. The van der Waals surface area contributed by atoms with E-state index in [0.29, 0.717) is 35.1 Å². The first-order chi connectivity index (χ1) is 13.2. The standard InChI is InChI=1S/C21H16N2O3S/c1-23-16-8-6-13-4-2-3-5-15(13)19(16)27-21(23)22-20(24)14-7-9-17-18(12-14)26-11-10-25-17/h2-9,12H,10-11H2,1H3. The van der Waals surface area contributed by atoms with Crippen LogP contribution in [0, 0.1) is 0 Å². The third-order valence-corrected chi connectivity index (χ3v) is 5.87. The number of carbonyl (C=O) groups is 1. The molecule has 27 heavy (non-hydrogen) atoms. The van der Waals surface area contributed by atoms with Crippen molar-refractivity contribution >= 4 is 38.2 Å². The molecule has 1 aliphatic rings. The molecule has 0 bridgehead atoms. The van der Waals surface area contributed by atoms with Crippen molar-refractivity contribution in [3.8, 4) is 11.5 Å². The fourth-order valence-electron chi connectivity index (χ4n) is 3.29. The van der Waals surface area contributed by atoms with E-state index in [-0.39, 0.29) is 5.91 Å². The monoisotopic (exact) mass is 376 g/mol. The summed E-state index contributed by atoms with van der Waals surface area (Å²) in [5.74, 6) is 0.962. The van der Waals surface area contributed by atoms with Crippen LogP contribution in [0.3, 0.4) is 0 Å². The Labute approximate surface area is 159 Å². The lowest BCUT2D eigenvalue weighted by molar-refractivity contribution is 0.0996. The van der Waals surface area contributed by atoms with E-state index in [1.165, 1.54) is 22.1 Å². The van der Waals surface area contributed by atoms with Crippen molar-refractivity contribution in [1.29, 1.82) is 0 Å². The van der Waals surface area contributed by atoms with Crippen LogP contribution < -0.4 is 14.3 Å². The molecule has 0 saturated carbocycles. The van der Waals surface area contributed by atoms with Crippen LogP contribution in [0.25, 0.3) is 21.0 Å². The average molecular weight is 376 g/mol. The van der Waals surface area contributed by atoms with Crippen LogP contribution in [0.4, 0.5) is 0 Å². The van der Waals surface area contributed by atoms with E-state index >= 15 is 0 Å². The highest BCUT2D eigenvalue weighted by atomic mass is 32.1. The zero-order valence-electron chi connectivity index (χ0n) is 14.6. The van der Waals surface area contributed by atoms with Gasteiger partial charge in [0.05, 0.1) is 10.2 Å². The second-order valence-electron chi connectivity index (χ2n) is 6.35. The number of hydrogen-bond acceptors (Lipinski definition) is 4. The number of nitrogens with zero attached hydrogens (tertiary/aromatic N) is 2. The Balaban J connectivity index is 1.62. The summed E-state index contributed by atoms with van der Waals surface area (Å²) in [4.78, 5) is 17.8. The molecule has 1 aliphatic heterocycles. The molecule has 5 nitrogen and oxygen atoms in total. The Morgan fingerprint density at radius 1 is 1.04 bits per heavy atom. The summed E-state index contributed by atoms with van der Waals surface area (Å²) in [5, 5.41) is 2.35. The van der Waals surface area contributed by atoms with Crippen LogP contribution in [0.1, 0.15) is 10.4 Å². The van der Waals surface area contributed by atoms with E-state index in [1.807, 2.05) is 23.7 Å². The maximum atomic E-state index is 12.7. The van der Waals surface area contributed by atoms with Gasteiger partial charge < -0.3 is 14.0 Å². The normalized spacial score (nSPS) is 14.0. The zero-order chi connectivity index (χ0) is 18.4. The van der Waals surface area contributed by atoms with Crippen LogP contribution in [-0.4, -0.2) is 23.7 Å². The van der Waals surface area contributed by atoms with Crippen molar-refractivity contribution in [1.82, 2.24) is 4.57 Å². The van der Waals surface area contributed by atoms with E-state index in [0.717, 1.165) is 10.2 Å². The summed E-state index contributed by atoms with van der Waals surface area (Å²) in [6.45, 7) is 1.01. The van der Waals surface area contributed by atoms with Crippen LogP contribution in [0.5, 0.6) is 11.5 Å². The molecule has 6 heteroatoms. The molecule has 0 radical (unpaired) electrons. The Hall–Kier alpha value is -3.12. The smallest absolute Gasteiger partial charge is 0.279 e. The predicted octanol–water partition coefficient (Wildman–Crippen LogP) is 3.91. The number of thiazole rings is 1. The second-order valence-corrected chi connectivity index (χ2v) is 7.33. The summed E-state index contributed by atoms with van der Waals surface area (Å²) >= 11 is 1.52. The second kappa shape index (κ2) is 6.25. The summed E-state index contributed by atoms with van der Waals surface area (Å²) in [6, 6.07) is 17.6. The number of aryl methyl sites for hydroxylation is 1. The maximum absolute atomic E-state index is 12.7. The number of ether oxygens (including phenoxy) is 2. The Bertz CT molecular complexity index is 1270. The van der Waals surface area contributed by atoms with Crippen molar-refractivity contribution in [2.24, 2.45) is 12.0 Å². The van der Waals surface area contributed by atoms with Crippen molar-refractivity contribution in [2.45, 2.75) is 0 Å². The van der Waals surface area contributed by atoms with E-state index in [9.17, 15) is 4.79 Å². The Morgan fingerprint density at radius 2 is 1.85 bits per heavy atom. The van der Waals surface area contributed by atoms with Gasteiger partial charge in [-0.1, -0.05) is 41.7 Å². The highest BCUT2D eigenvalue weighted by Gasteiger charge is 2.15. The summed E-state index contributed by atoms with van der Waals surface area (Å²) in [5.41, 5.74) is 1.55. The minimum Gasteiger partial charge on any atom is -0.486 e. The first-order valence-electron chi connectivity index (χ1n) is 8.67. The third-order valence-electron chi connectivity index (χ3n) is 4.69. The molecule has 0 atom stereocenters. The highest BCUT2D eigenvalue weighted by Crippen LogP contribution is 2.31. The quantitative estimate of drug-likeness (QED) is 0.506. The molecule has 134 valence electrons. The van der Waals surface area contributed by atoms with Crippen LogP contribution in [0.15, 0.2) is 59.6 Å².